The first-order valence-corrected chi connectivity index (χ1v) is 22.5. The average Bonchev–Trinajstić information content (AvgIpc) is 3.77. The zero-order valence-electron chi connectivity index (χ0n) is 38.1. The van der Waals surface area contributed by atoms with E-state index in [1.807, 2.05) is 50.2 Å². The van der Waals surface area contributed by atoms with Crippen molar-refractivity contribution in [3.63, 3.8) is 0 Å². The molecule has 362 valence electrons. The minimum atomic E-state index is -1.20. The number of aryl methyl sites for hydroxylation is 1. The lowest BCUT2D eigenvalue weighted by molar-refractivity contribution is -0.142. The number of guanidine groups is 2. The molecule has 6 atom stereocenters. The molecule has 2 aromatic carbocycles. The summed E-state index contributed by atoms with van der Waals surface area (Å²) in [5, 5.41) is 13.8. The Hall–Kier alpha value is -6.77. The summed E-state index contributed by atoms with van der Waals surface area (Å²) in [6.45, 7) is 4.33. The Morgan fingerprint density at radius 3 is 1.74 bits per heavy atom. The van der Waals surface area contributed by atoms with Crippen molar-refractivity contribution in [2.75, 3.05) is 26.2 Å². The standard InChI is InChI=1S/C45H70N14O7/c1-28(2)26-34(54-37(60)20-19-29-12-5-3-6-13-29)40(63)58-35(27-30-14-7-4-8-15-30)41(64)57-33(17-10-24-53-45(50)51)43(66)59-25-11-18-36(59)42(65)56-32(16-9-23-52-44(48)49)39(62)55-31(21-22-46)38(47)61/h3-8,12-15,28,31-36H,9-11,16-27,46H2,1-2H3,(H2,47,61)(H,54,60)(H,55,62)(H,56,65)(H,57,64)(H,58,63)(H4,48,49,52)(H4,50,51,53)/t31-,32-,33-,34-,35-,36-/m0/s1. The van der Waals surface area contributed by atoms with Crippen LogP contribution in [-0.2, 0) is 46.4 Å². The lowest BCUT2D eigenvalue weighted by Crippen LogP contribution is -2.59. The molecule has 1 saturated heterocycles. The third-order valence-corrected chi connectivity index (χ3v) is 10.8. The van der Waals surface area contributed by atoms with Crippen molar-refractivity contribution in [2.45, 2.75) is 121 Å². The molecule has 7 amide bonds. The van der Waals surface area contributed by atoms with Crippen LogP contribution in [0.15, 0.2) is 70.6 Å². The molecule has 0 aliphatic carbocycles. The van der Waals surface area contributed by atoms with Gasteiger partial charge in [0.2, 0.25) is 41.4 Å². The molecule has 1 aliphatic rings. The van der Waals surface area contributed by atoms with Crippen LogP contribution >= 0.6 is 0 Å². The van der Waals surface area contributed by atoms with Crippen molar-refractivity contribution in [1.82, 2.24) is 31.5 Å². The lowest BCUT2D eigenvalue weighted by atomic mass is 10.00. The predicted octanol–water partition coefficient (Wildman–Crippen LogP) is -1.74. The maximum atomic E-state index is 14.6. The van der Waals surface area contributed by atoms with Crippen LogP contribution < -0.4 is 61.0 Å². The average molecular weight is 919 g/mol. The predicted molar refractivity (Wildman–Crippen MR) is 251 cm³/mol. The fourth-order valence-corrected chi connectivity index (χ4v) is 7.50. The Balaban J connectivity index is 1.88. The highest BCUT2D eigenvalue weighted by molar-refractivity contribution is 5.97. The van der Waals surface area contributed by atoms with Crippen LogP contribution in [0.4, 0.5) is 0 Å². The SMILES string of the molecule is CC(C)C[C@H](NC(=O)CCc1ccccc1)C(=O)N[C@@H](Cc1ccccc1)C(=O)N[C@@H](CCCN=C(N)N)C(=O)N1CCC[C@H]1C(=O)N[C@@H](CCCN=C(N)N)C(=O)N[C@@H](CCN)C(N)=O. The molecule has 0 unspecified atom stereocenters. The Kier molecular flexibility index (Phi) is 22.9. The van der Waals surface area contributed by atoms with E-state index in [4.69, 9.17) is 34.4 Å². The summed E-state index contributed by atoms with van der Waals surface area (Å²) in [7, 11) is 0. The van der Waals surface area contributed by atoms with Gasteiger partial charge in [0.25, 0.3) is 0 Å². The van der Waals surface area contributed by atoms with Gasteiger partial charge in [0.05, 0.1) is 0 Å². The molecule has 0 bridgehead atoms. The number of rotatable bonds is 28. The number of carbonyl (C=O) groups excluding carboxylic acids is 7. The van der Waals surface area contributed by atoms with Gasteiger partial charge in [-0.1, -0.05) is 74.5 Å². The van der Waals surface area contributed by atoms with Crippen LogP contribution in [0.3, 0.4) is 0 Å². The Bertz CT molecular complexity index is 1960. The topological polar surface area (TPSA) is 364 Å². The summed E-state index contributed by atoms with van der Waals surface area (Å²) in [6.07, 6.45) is 2.35. The Morgan fingerprint density at radius 1 is 0.652 bits per heavy atom. The maximum absolute atomic E-state index is 14.6. The van der Waals surface area contributed by atoms with Crippen molar-refractivity contribution in [2.24, 2.45) is 50.3 Å². The second-order valence-corrected chi connectivity index (χ2v) is 16.7. The van der Waals surface area contributed by atoms with Crippen LogP contribution in [0.2, 0.25) is 0 Å². The summed E-state index contributed by atoms with van der Waals surface area (Å²) in [6, 6.07) is 11.9. The van der Waals surface area contributed by atoms with E-state index in [1.165, 1.54) is 4.90 Å². The summed E-state index contributed by atoms with van der Waals surface area (Å²) in [5.74, 6) is -4.59. The summed E-state index contributed by atoms with van der Waals surface area (Å²) in [4.78, 5) is 105. The normalized spacial score (nSPS) is 15.5. The van der Waals surface area contributed by atoms with Crippen molar-refractivity contribution in [3.05, 3.63) is 71.8 Å². The third-order valence-electron chi connectivity index (χ3n) is 10.8. The van der Waals surface area contributed by atoms with Gasteiger partial charge in [-0.2, -0.15) is 0 Å². The molecule has 1 fully saturated rings. The number of carbonyl (C=O) groups is 7. The molecule has 0 aromatic heterocycles. The number of hydrogen-bond donors (Lipinski definition) is 11. The van der Waals surface area contributed by atoms with E-state index < -0.39 is 71.7 Å². The van der Waals surface area contributed by atoms with Gasteiger partial charge in [0.15, 0.2) is 11.9 Å². The number of nitrogens with one attached hydrogen (secondary N) is 5. The summed E-state index contributed by atoms with van der Waals surface area (Å²) >= 11 is 0. The zero-order valence-corrected chi connectivity index (χ0v) is 38.1. The van der Waals surface area contributed by atoms with E-state index in [0.717, 1.165) is 11.1 Å². The second kappa shape index (κ2) is 28.2. The van der Waals surface area contributed by atoms with Crippen molar-refractivity contribution < 1.29 is 33.6 Å². The molecule has 21 heteroatoms. The monoisotopic (exact) mass is 919 g/mol. The van der Waals surface area contributed by atoms with Crippen LogP contribution in [0.1, 0.15) is 82.8 Å². The maximum Gasteiger partial charge on any atom is 0.245 e. The highest BCUT2D eigenvalue weighted by atomic mass is 16.2. The molecular weight excluding hydrogens is 849 g/mol. The highest BCUT2D eigenvalue weighted by Gasteiger charge is 2.40. The fourth-order valence-electron chi connectivity index (χ4n) is 7.50. The first-order valence-electron chi connectivity index (χ1n) is 22.5. The first kappa shape index (κ1) is 53.6. The van der Waals surface area contributed by atoms with E-state index in [2.05, 4.69) is 36.6 Å². The highest BCUT2D eigenvalue weighted by Crippen LogP contribution is 2.21. The summed E-state index contributed by atoms with van der Waals surface area (Å²) < 4.78 is 0. The van der Waals surface area contributed by atoms with Crippen LogP contribution in [0.25, 0.3) is 0 Å². The van der Waals surface area contributed by atoms with Crippen molar-refractivity contribution in [3.8, 4) is 0 Å². The smallest absolute Gasteiger partial charge is 0.245 e. The van der Waals surface area contributed by atoms with E-state index in [9.17, 15) is 33.6 Å². The van der Waals surface area contributed by atoms with Gasteiger partial charge >= 0.3 is 0 Å². The molecule has 17 N–H and O–H groups in total. The van der Waals surface area contributed by atoms with Gasteiger partial charge in [-0.25, -0.2) is 0 Å². The lowest BCUT2D eigenvalue weighted by Gasteiger charge is -2.31. The van der Waals surface area contributed by atoms with Gasteiger partial charge < -0.3 is 65.9 Å². The third kappa shape index (κ3) is 19.1. The van der Waals surface area contributed by atoms with E-state index in [0.29, 0.717) is 19.3 Å². The molecule has 0 spiro atoms. The molecule has 0 radical (unpaired) electrons. The molecule has 2 aromatic rings. The molecule has 3 rings (SSSR count). The quantitative estimate of drug-likeness (QED) is 0.0258. The van der Waals surface area contributed by atoms with E-state index >= 15 is 0 Å². The van der Waals surface area contributed by atoms with E-state index in [1.54, 1.807) is 24.3 Å². The fraction of sp³-hybridized carbons (Fsp3) is 0.533. The molecular formula is C45H70N14O7. The van der Waals surface area contributed by atoms with Crippen LogP contribution in [-0.4, -0.2) is 121 Å². The number of primary amides is 1. The minimum Gasteiger partial charge on any atom is -0.370 e. The van der Waals surface area contributed by atoms with Crippen molar-refractivity contribution >= 4 is 53.3 Å². The van der Waals surface area contributed by atoms with Crippen LogP contribution in [0.5, 0.6) is 0 Å². The van der Waals surface area contributed by atoms with Gasteiger partial charge in [-0.15, -0.1) is 0 Å². The molecule has 21 nitrogen and oxygen atoms in total. The van der Waals surface area contributed by atoms with E-state index in [-0.39, 0.29) is 101 Å². The molecule has 1 aliphatic heterocycles. The first-order chi connectivity index (χ1) is 31.5. The Labute approximate surface area is 386 Å². The second-order valence-electron chi connectivity index (χ2n) is 16.7. The van der Waals surface area contributed by atoms with Gasteiger partial charge in [0.1, 0.15) is 36.3 Å². The number of likely N-dealkylation sites (tertiary alicyclic amines) is 1. The molecule has 1 heterocycles. The number of nitrogens with two attached hydrogens (primary N) is 6. The number of amides is 7. The largest absolute Gasteiger partial charge is 0.370 e. The minimum absolute atomic E-state index is 0.00646. The number of aliphatic imine (C=N–C) groups is 2. The van der Waals surface area contributed by atoms with Gasteiger partial charge in [-0.05, 0) is 81.4 Å². The van der Waals surface area contributed by atoms with Crippen LogP contribution in [0, 0.1) is 5.92 Å². The van der Waals surface area contributed by atoms with Crippen molar-refractivity contribution in [1.29, 1.82) is 0 Å². The number of benzene rings is 2. The number of hydrogen-bond acceptors (Lipinski definition) is 10. The Morgan fingerprint density at radius 2 is 1.18 bits per heavy atom. The van der Waals surface area contributed by atoms with Gasteiger partial charge in [-0.3, -0.25) is 43.5 Å². The van der Waals surface area contributed by atoms with Gasteiger partial charge in [0, 0.05) is 32.5 Å². The zero-order chi connectivity index (χ0) is 48.6. The number of nitrogens with zero attached hydrogens (tertiary/aromatic N) is 3. The molecule has 0 saturated carbocycles. The summed E-state index contributed by atoms with van der Waals surface area (Å²) in [5.41, 5.74) is 34.8. The molecule has 66 heavy (non-hydrogen) atoms.